The van der Waals surface area contributed by atoms with Gasteiger partial charge in [-0.05, 0) is 24.6 Å². The summed E-state index contributed by atoms with van der Waals surface area (Å²) < 4.78 is 13.0. The summed E-state index contributed by atoms with van der Waals surface area (Å²) in [5, 5.41) is 5.34. The number of hydrogen-bond donors (Lipinski definition) is 2. The number of carbonyl (C=O) groups excluding carboxylic acids is 3. The van der Waals surface area contributed by atoms with Crippen molar-refractivity contribution in [1.29, 1.82) is 0 Å². The number of fused-ring (bicyclic) bond motifs is 2. The molecule has 0 saturated carbocycles. The molecule has 1 aromatic carbocycles. The van der Waals surface area contributed by atoms with Crippen LogP contribution < -0.4 is 10.6 Å². The van der Waals surface area contributed by atoms with Gasteiger partial charge in [-0.1, -0.05) is 6.07 Å². The third kappa shape index (κ3) is 2.93. The summed E-state index contributed by atoms with van der Waals surface area (Å²) in [6.07, 6.45) is 0.697. The monoisotopic (exact) mass is 305 g/mol. The average molecular weight is 305 g/mol. The van der Waals surface area contributed by atoms with E-state index in [1.54, 1.807) is 11.0 Å². The minimum atomic E-state index is -0.437. The number of piperazine rings is 1. The Morgan fingerprint density at radius 2 is 2.18 bits per heavy atom. The van der Waals surface area contributed by atoms with Gasteiger partial charge >= 0.3 is 0 Å². The molecule has 0 unspecified atom stereocenters. The zero-order chi connectivity index (χ0) is 15.7. The number of amides is 3. The summed E-state index contributed by atoms with van der Waals surface area (Å²) in [6, 6.07) is 5.23. The van der Waals surface area contributed by atoms with Crippen molar-refractivity contribution in [3.05, 3.63) is 30.1 Å². The Balaban J connectivity index is 1.49. The van der Waals surface area contributed by atoms with Gasteiger partial charge in [0.1, 0.15) is 11.9 Å². The van der Waals surface area contributed by atoms with Crippen molar-refractivity contribution in [2.45, 2.75) is 31.3 Å². The van der Waals surface area contributed by atoms with E-state index >= 15 is 0 Å². The predicted molar refractivity (Wildman–Crippen MR) is 76.3 cm³/mol. The first kappa shape index (κ1) is 14.5. The van der Waals surface area contributed by atoms with Crippen molar-refractivity contribution >= 4 is 23.4 Å². The number of nitrogens with zero attached hydrogens (tertiary/aromatic N) is 1. The van der Waals surface area contributed by atoms with E-state index < -0.39 is 5.82 Å². The molecule has 2 N–H and O–H groups in total. The molecule has 2 saturated heterocycles. The van der Waals surface area contributed by atoms with E-state index in [9.17, 15) is 18.8 Å². The minimum absolute atomic E-state index is 0.00481. The van der Waals surface area contributed by atoms with Gasteiger partial charge in [-0.3, -0.25) is 14.4 Å². The van der Waals surface area contributed by atoms with Crippen LogP contribution in [0.25, 0.3) is 0 Å². The fourth-order valence-electron chi connectivity index (χ4n) is 2.92. The second kappa shape index (κ2) is 5.75. The SMILES string of the molecule is O=C(CCC(=O)N1C[C@@H]2C[C@H]1C(=O)N2)Nc1cccc(F)c1. The molecule has 0 spiro atoms. The van der Waals surface area contributed by atoms with Gasteiger partial charge in [-0.15, -0.1) is 0 Å². The van der Waals surface area contributed by atoms with Gasteiger partial charge in [0.15, 0.2) is 0 Å². The summed E-state index contributed by atoms with van der Waals surface area (Å²) >= 11 is 0. The highest BCUT2D eigenvalue weighted by atomic mass is 19.1. The fraction of sp³-hybridized carbons (Fsp3) is 0.400. The van der Waals surface area contributed by atoms with Crippen molar-refractivity contribution in [1.82, 2.24) is 10.2 Å². The van der Waals surface area contributed by atoms with Gasteiger partial charge in [-0.25, -0.2) is 4.39 Å². The Labute approximate surface area is 126 Å². The second-order valence-electron chi connectivity index (χ2n) is 5.56. The number of anilines is 1. The molecule has 0 radical (unpaired) electrons. The molecule has 3 rings (SSSR count). The van der Waals surface area contributed by atoms with Crippen LogP contribution in [0.4, 0.5) is 10.1 Å². The summed E-state index contributed by atoms with van der Waals surface area (Å²) in [6.45, 7) is 0.515. The van der Waals surface area contributed by atoms with Gasteiger partial charge < -0.3 is 15.5 Å². The van der Waals surface area contributed by atoms with Crippen LogP contribution in [0.1, 0.15) is 19.3 Å². The smallest absolute Gasteiger partial charge is 0.243 e. The quantitative estimate of drug-likeness (QED) is 0.857. The molecule has 6 nitrogen and oxygen atoms in total. The Hall–Kier alpha value is -2.44. The third-order valence-corrected chi connectivity index (χ3v) is 3.94. The van der Waals surface area contributed by atoms with Crippen LogP contribution in [0, 0.1) is 5.82 Å². The standard InChI is InChI=1S/C15H16FN3O3/c16-9-2-1-3-10(6-9)17-13(20)4-5-14(21)19-8-11-7-12(19)15(22)18-11/h1-3,6,11-12H,4-5,7-8H2,(H,17,20)(H,18,22)/t11-,12-/m0/s1. The van der Waals surface area contributed by atoms with E-state index in [-0.39, 0.29) is 42.6 Å². The molecular weight excluding hydrogens is 289 g/mol. The topological polar surface area (TPSA) is 78.5 Å². The van der Waals surface area contributed by atoms with E-state index in [2.05, 4.69) is 10.6 Å². The van der Waals surface area contributed by atoms with Gasteiger partial charge in [0.25, 0.3) is 0 Å². The lowest BCUT2D eigenvalue weighted by Crippen LogP contribution is -2.50. The molecule has 116 valence electrons. The van der Waals surface area contributed by atoms with Crippen molar-refractivity contribution in [2.24, 2.45) is 0 Å². The first-order valence-corrected chi connectivity index (χ1v) is 7.18. The lowest BCUT2D eigenvalue weighted by atomic mass is 10.2. The highest BCUT2D eigenvalue weighted by Gasteiger charge is 2.45. The molecule has 0 aromatic heterocycles. The first-order chi connectivity index (χ1) is 10.5. The molecule has 0 aliphatic carbocycles. The Morgan fingerprint density at radius 1 is 1.36 bits per heavy atom. The lowest BCUT2D eigenvalue weighted by molar-refractivity contribution is -0.140. The molecule has 7 heteroatoms. The molecule has 2 atom stereocenters. The third-order valence-electron chi connectivity index (χ3n) is 3.94. The highest BCUT2D eigenvalue weighted by molar-refractivity contribution is 5.95. The van der Waals surface area contributed by atoms with Gasteiger partial charge in [-0.2, -0.15) is 0 Å². The van der Waals surface area contributed by atoms with Crippen LogP contribution in [0.15, 0.2) is 24.3 Å². The molecule has 2 aliphatic rings. The predicted octanol–water partition coefficient (Wildman–Crippen LogP) is 0.644. The highest BCUT2D eigenvalue weighted by Crippen LogP contribution is 2.25. The van der Waals surface area contributed by atoms with Gasteiger partial charge in [0.05, 0.1) is 0 Å². The van der Waals surface area contributed by atoms with Gasteiger partial charge in [0.2, 0.25) is 17.7 Å². The fourth-order valence-corrected chi connectivity index (χ4v) is 2.92. The Kier molecular flexibility index (Phi) is 3.79. The van der Waals surface area contributed by atoms with Crippen molar-refractivity contribution in [3.63, 3.8) is 0 Å². The summed E-state index contributed by atoms with van der Waals surface area (Å²) in [5.74, 6) is -1.11. The molecule has 2 fully saturated rings. The Morgan fingerprint density at radius 3 is 2.86 bits per heavy atom. The van der Waals surface area contributed by atoms with Crippen LogP contribution in [0.5, 0.6) is 0 Å². The van der Waals surface area contributed by atoms with Crippen molar-refractivity contribution < 1.29 is 18.8 Å². The zero-order valence-electron chi connectivity index (χ0n) is 11.8. The van der Waals surface area contributed by atoms with Gasteiger partial charge in [0, 0.05) is 31.1 Å². The number of rotatable bonds is 4. The van der Waals surface area contributed by atoms with Crippen LogP contribution in [-0.4, -0.2) is 41.2 Å². The molecule has 2 bridgehead atoms. The number of halogens is 1. The van der Waals surface area contributed by atoms with E-state index in [1.165, 1.54) is 18.2 Å². The maximum Gasteiger partial charge on any atom is 0.243 e. The average Bonchev–Trinajstić information content (AvgIpc) is 3.04. The maximum atomic E-state index is 13.0. The van der Waals surface area contributed by atoms with Crippen molar-refractivity contribution in [2.75, 3.05) is 11.9 Å². The van der Waals surface area contributed by atoms with Crippen LogP contribution in [-0.2, 0) is 14.4 Å². The van der Waals surface area contributed by atoms with E-state index in [0.29, 0.717) is 18.7 Å². The van der Waals surface area contributed by atoms with E-state index in [1.807, 2.05) is 0 Å². The minimum Gasteiger partial charge on any atom is -0.350 e. The van der Waals surface area contributed by atoms with Crippen LogP contribution >= 0.6 is 0 Å². The number of hydrogen-bond acceptors (Lipinski definition) is 3. The number of carbonyl (C=O) groups is 3. The normalized spacial score (nSPS) is 22.6. The number of benzene rings is 1. The molecule has 3 amide bonds. The maximum absolute atomic E-state index is 13.0. The second-order valence-corrected chi connectivity index (χ2v) is 5.56. The van der Waals surface area contributed by atoms with Crippen molar-refractivity contribution in [3.8, 4) is 0 Å². The zero-order valence-corrected chi connectivity index (χ0v) is 11.8. The molecule has 2 aliphatic heterocycles. The molecule has 2 heterocycles. The van der Waals surface area contributed by atoms with Crippen LogP contribution in [0.2, 0.25) is 0 Å². The molecule has 1 aromatic rings. The van der Waals surface area contributed by atoms with Crippen LogP contribution in [0.3, 0.4) is 0 Å². The van der Waals surface area contributed by atoms with E-state index in [4.69, 9.17) is 0 Å². The largest absolute Gasteiger partial charge is 0.350 e. The Bertz CT molecular complexity index is 634. The first-order valence-electron chi connectivity index (χ1n) is 7.18. The summed E-state index contributed by atoms with van der Waals surface area (Å²) in [5.41, 5.74) is 0.358. The molecule has 22 heavy (non-hydrogen) atoms. The van der Waals surface area contributed by atoms with E-state index in [0.717, 1.165) is 0 Å². The summed E-state index contributed by atoms with van der Waals surface area (Å²) in [4.78, 5) is 37.0. The lowest BCUT2D eigenvalue weighted by Gasteiger charge is -2.26. The number of nitrogens with one attached hydrogen (secondary N) is 2. The number of likely N-dealkylation sites (tertiary alicyclic amines) is 1. The summed E-state index contributed by atoms with van der Waals surface area (Å²) in [7, 11) is 0. The molecular formula is C15H16FN3O3.